The standard InChI is InChI=1S/C28H24N4O2S2.C21H19N3S2/c33-28(34-17-19-6-2-1-3-7-19)32-13-5-4-8-20(16-32)26-15-22-23(11-12-29-27(22)36-26)31-21-9-10-25-24(14-21)30-18-35-25;1-2-4-6-14(5-3-1)20-12-16-17(9-10-22-21(16)26-20)24-15-7-8-19-18(11-15)23-13-25-19/h1-3,6-12,14-15,18H,4-5,13,16-17H2,(H,29,31);5,7-13H,1-4,6H2,(H,22,24). The minimum atomic E-state index is -0.273. The predicted octanol–water partition coefficient (Wildman–Crippen LogP) is 14.5. The van der Waals surface area contributed by atoms with Gasteiger partial charge in [0.15, 0.2) is 0 Å². The first-order valence-corrected chi connectivity index (χ1v) is 24.3. The van der Waals surface area contributed by atoms with Gasteiger partial charge in [0.05, 0.1) is 49.4 Å². The van der Waals surface area contributed by atoms with E-state index in [1.807, 2.05) is 76.0 Å². The van der Waals surface area contributed by atoms with Gasteiger partial charge in [0.2, 0.25) is 0 Å². The van der Waals surface area contributed by atoms with Crippen LogP contribution >= 0.6 is 45.3 Å². The Hall–Kier alpha value is -5.99. The van der Waals surface area contributed by atoms with Gasteiger partial charge in [-0.25, -0.2) is 24.7 Å². The van der Waals surface area contributed by atoms with E-state index in [-0.39, 0.29) is 12.7 Å². The zero-order valence-corrected chi connectivity index (χ0v) is 37.1. The number of benzene rings is 3. The largest absolute Gasteiger partial charge is 0.445 e. The molecule has 0 unspecified atom stereocenters. The third-order valence-corrected chi connectivity index (χ3v) is 15.0. The number of amides is 1. The fraction of sp³-hybridized carbons (Fsp3) is 0.204. The van der Waals surface area contributed by atoms with E-state index in [1.54, 1.807) is 34.0 Å². The molecule has 3 aromatic carbocycles. The molecule has 0 spiro atoms. The Labute approximate surface area is 375 Å². The molecule has 9 aromatic rings. The van der Waals surface area contributed by atoms with Crippen LogP contribution in [0.5, 0.6) is 0 Å². The van der Waals surface area contributed by atoms with Gasteiger partial charge in [-0.05, 0) is 116 Å². The summed E-state index contributed by atoms with van der Waals surface area (Å²) in [6, 6.07) is 30.9. The van der Waals surface area contributed by atoms with E-state index in [4.69, 9.17) is 4.74 Å². The number of rotatable bonds is 8. The van der Waals surface area contributed by atoms with Gasteiger partial charge in [-0.2, -0.15) is 0 Å². The lowest BCUT2D eigenvalue weighted by atomic mass is 10.1. The van der Waals surface area contributed by atoms with Crippen molar-refractivity contribution in [1.29, 1.82) is 0 Å². The number of allylic oxidation sites excluding steroid dienone is 3. The van der Waals surface area contributed by atoms with E-state index in [2.05, 4.69) is 97.3 Å². The zero-order valence-electron chi connectivity index (χ0n) is 33.9. The van der Waals surface area contributed by atoms with Crippen LogP contribution in [0.1, 0.15) is 60.3 Å². The van der Waals surface area contributed by atoms with Gasteiger partial charge < -0.3 is 20.3 Å². The highest BCUT2D eigenvalue weighted by atomic mass is 32.1. The average molecular weight is 890 g/mol. The lowest BCUT2D eigenvalue weighted by molar-refractivity contribution is 0.101. The minimum absolute atomic E-state index is 0.273. The van der Waals surface area contributed by atoms with Crippen molar-refractivity contribution < 1.29 is 9.53 Å². The molecule has 1 aliphatic carbocycles. The Balaban J connectivity index is 0.000000156. The third-order valence-electron chi connectivity index (χ3n) is 11.1. The van der Waals surface area contributed by atoms with Gasteiger partial charge in [-0.15, -0.1) is 45.3 Å². The van der Waals surface area contributed by atoms with Crippen LogP contribution in [0.4, 0.5) is 27.5 Å². The monoisotopic (exact) mass is 889 g/mol. The fourth-order valence-corrected chi connectivity index (χ4v) is 11.4. The molecule has 0 saturated heterocycles. The number of nitrogens with one attached hydrogen (secondary N) is 2. The lowest BCUT2D eigenvalue weighted by Crippen LogP contribution is -2.33. The molecule has 0 radical (unpaired) electrons. The average Bonchev–Trinajstić information content (AvgIpc) is 4.08. The molecule has 11 rings (SSSR count). The molecule has 7 heterocycles. The number of carbonyl (C=O) groups is 1. The van der Waals surface area contributed by atoms with Gasteiger partial charge in [-0.1, -0.05) is 48.9 Å². The van der Waals surface area contributed by atoms with Crippen LogP contribution in [-0.4, -0.2) is 44.0 Å². The van der Waals surface area contributed by atoms with Gasteiger partial charge in [0.25, 0.3) is 0 Å². The second kappa shape index (κ2) is 18.5. The quantitative estimate of drug-likeness (QED) is 0.155. The maximum atomic E-state index is 12.9. The van der Waals surface area contributed by atoms with Crippen molar-refractivity contribution in [3.8, 4) is 0 Å². The smallest absolute Gasteiger partial charge is 0.410 e. The molecule has 1 amide bonds. The van der Waals surface area contributed by atoms with Crippen molar-refractivity contribution in [3.63, 3.8) is 0 Å². The first-order valence-electron chi connectivity index (χ1n) is 20.9. The van der Waals surface area contributed by atoms with Crippen LogP contribution in [0.25, 0.3) is 52.0 Å². The second-order valence-electron chi connectivity index (χ2n) is 15.4. The number of nitrogens with zero attached hydrogens (tertiary/aromatic N) is 5. The Morgan fingerprint density at radius 3 is 1.92 bits per heavy atom. The van der Waals surface area contributed by atoms with E-state index >= 15 is 0 Å². The Kier molecular flexibility index (Phi) is 12.0. The van der Waals surface area contributed by atoms with E-state index in [9.17, 15) is 4.79 Å². The molecule has 0 saturated carbocycles. The molecule has 2 aliphatic rings. The molecule has 62 heavy (non-hydrogen) atoms. The first kappa shape index (κ1) is 40.1. The number of pyridine rings is 2. The normalized spacial score (nSPS) is 14.5. The zero-order chi connectivity index (χ0) is 41.7. The van der Waals surface area contributed by atoms with Crippen molar-refractivity contribution >= 4 is 126 Å². The van der Waals surface area contributed by atoms with Crippen molar-refractivity contribution in [1.82, 2.24) is 24.8 Å². The fourth-order valence-electron chi connectivity index (χ4n) is 7.89. The number of aromatic nitrogens is 4. The maximum Gasteiger partial charge on any atom is 0.410 e. The molecular weight excluding hydrogens is 847 g/mol. The number of anilines is 4. The summed E-state index contributed by atoms with van der Waals surface area (Å²) in [5.41, 5.74) is 13.6. The number of thiazole rings is 2. The minimum Gasteiger partial charge on any atom is -0.445 e. The predicted molar refractivity (Wildman–Crippen MR) is 262 cm³/mol. The highest BCUT2D eigenvalue weighted by Crippen LogP contribution is 2.39. The summed E-state index contributed by atoms with van der Waals surface area (Å²) >= 11 is 6.78. The molecule has 9 nitrogen and oxygen atoms in total. The number of hydrogen-bond donors (Lipinski definition) is 2. The highest BCUT2D eigenvalue weighted by Gasteiger charge is 2.21. The molecule has 0 fully saturated rings. The molecule has 13 heteroatoms. The number of thiophene rings is 2. The molecule has 2 N–H and O–H groups in total. The topological polar surface area (TPSA) is 105 Å². The SMILES string of the molecule is C1=C(c2cc3c(Nc4ccc5scnc5c4)ccnc3s2)CCCCC1.O=C(OCc1ccccc1)N1CCCC=C(c2cc3c(Nc4ccc5scnc5c4)ccnc3s2)C1. The first-order chi connectivity index (χ1) is 30.6. The van der Waals surface area contributed by atoms with Gasteiger partial charge in [0, 0.05) is 50.8 Å². The van der Waals surface area contributed by atoms with Crippen LogP contribution in [0.2, 0.25) is 0 Å². The van der Waals surface area contributed by atoms with Crippen molar-refractivity contribution in [2.45, 2.75) is 51.6 Å². The summed E-state index contributed by atoms with van der Waals surface area (Å²) in [5.74, 6) is 0. The summed E-state index contributed by atoms with van der Waals surface area (Å²) in [4.78, 5) is 37.3. The Morgan fingerprint density at radius 1 is 0.645 bits per heavy atom. The van der Waals surface area contributed by atoms with Crippen molar-refractivity contribution in [3.05, 3.63) is 142 Å². The summed E-state index contributed by atoms with van der Waals surface area (Å²) in [7, 11) is 0. The Morgan fingerprint density at radius 2 is 1.26 bits per heavy atom. The van der Waals surface area contributed by atoms with Gasteiger partial charge in [0.1, 0.15) is 16.3 Å². The number of fused-ring (bicyclic) bond motifs is 4. The highest BCUT2D eigenvalue weighted by molar-refractivity contribution is 7.20. The molecule has 6 aromatic heterocycles. The molecule has 310 valence electrons. The second-order valence-corrected chi connectivity index (χ2v) is 19.2. The summed E-state index contributed by atoms with van der Waals surface area (Å²) in [6.45, 7) is 1.50. The maximum absolute atomic E-state index is 12.9. The molecule has 0 bridgehead atoms. The molecule has 0 atom stereocenters. The van der Waals surface area contributed by atoms with Crippen molar-refractivity contribution in [2.24, 2.45) is 0 Å². The van der Waals surface area contributed by atoms with Crippen LogP contribution in [0.15, 0.2) is 127 Å². The van der Waals surface area contributed by atoms with E-state index in [0.717, 1.165) is 77.7 Å². The lowest BCUT2D eigenvalue weighted by Gasteiger charge is -2.21. The molecule has 1 aliphatic heterocycles. The number of ether oxygens (including phenoxy) is 1. The van der Waals surface area contributed by atoms with Crippen LogP contribution < -0.4 is 10.6 Å². The van der Waals surface area contributed by atoms with Gasteiger partial charge >= 0.3 is 6.09 Å². The van der Waals surface area contributed by atoms with Crippen molar-refractivity contribution in [2.75, 3.05) is 23.7 Å². The van der Waals surface area contributed by atoms with Crippen LogP contribution in [-0.2, 0) is 11.3 Å². The number of carbonyl (C=O) groups excluding carboxylic acids is 1. The van der Waals surface area contributed by atoms with E-state index in [0.29, 0.717) is 13.1 Å². The van der Waals surface area contributed by atoms with E-state index < -0.39 is 0 Å². The Bertz CT molecular complexity index is 3070. The van der Waals surface area contributed by atoms with Crippen LogP contribution in [0.3, 0.4) is 0 Å². The third kappa shape index (κ3) is 9.12. The summed E-state index contributed by atoms with van der Waals surface area (Å²) < 4.78 is 8.00. The van der Waals surface area contributed by atoms with Crippen LogP contribution in [0, 0.1) is 0 Å². The molecular formula is C49H43N7O2S4. The number of hydrogen-bond acceptors (Lipinski definition) is 12. The summed E-state index contributed by atoms with van der Waals surface area (Å²) in [5, 5.41) is 9.39. The van der Waals surface area contributed by atoms with E-state index in [1.165, 1.54) is 57.3 Å². The van der Waals surface area contributed by atoms with Gasteiger partial charge in [-0.3, -0.25) is 0 Å². The summed E-state index contributed by atoms with van der Waals surface area (Å²) in [6.07, 6.45) is 16.3.